The number of nitrogens with zero attached hydrogens (tertiary/aromatic N) is 3. The first-order valence-corrected chi connectivity index (χ1v) is 6.04. The molecule has 0 spiro atoms. The Morgan fingerprint density at radius 1 is 1.17 bits per heavy atom. The van der Waals surface area contributed by atoms with Crippen LogP contribution in [-0.2, 0) is 0 Å². The van der Waals surface area contributed by atoms with E-state index >= 15 is 0 Å². The summed E-state index contributed by atoms with van der Waals surface area (Å²) in [6.45, 7) is 2.91. The van der Waals surface area contributed by atoms with Crippen molar-refractivity contribution in [2.24, 2.45) is 0 Å². The Hall–Kier alpha value is -2.10. The highest BCUT2D eigenvalue weighted by atomic mass is 15.1. The lowest BCUT2D eigenvalue weighted by molar-refractivity contribution is 1.11. The predicted octanol–water partition coefficient (Wildman–Crippen LogP) is 2.64. The third kappa shape index (κ3) is 2.77. The zero-order valence-electron chi connectivity index (χ0n) is 11.0. The van der Waals surface area contributed by atoms with Crippen molar-refractivity contribution >= 4 is 11.5 Å². The van der Waals surface area contributed by atoms with Gasteiger partial charge in [-0.2, -0.15) is 0 Å². The highest BCUT2D eigenvalue weighted by Gasteiger charge is 2.03. The zero-order valence-corrected chi connectivity index (χ0v) is 11.0. The molecule has 0 amide bonds. The summed E-state index contributed by atoms with van der Waals surface area (Å²) < 4.78 is 0. The van der Waals surface area contributed by atoms with Crippen LogP contribution < -0.4 is 10.2 Å². The molecule has 0 saturated carbocycles. The first kappa shape index (κ1) is 12.4. The van der Waals surface area contributed by atoms with E-state index in [2.05, 4.69) is 45.3 Å². The van der Waals surface area contributed by atoms with E-state index in [1.54, 1.807) is 6.33 Å². The highest BCUT2D eigenvalue weighted by molar-refractivity contribution is 5.67. The summed E-state index contributed by atoms with van der Waals surface area (Å²) in [5.41, 5.74) is 3.20. The molecule has 0 aliphatic carbocycles. The Balaban J connectivity index is 2.35. The first-order chi connectivity index (χ1) is 8.70. The van der Waals surface area contributed by atoms with Gasteiger partial charge in [0.2, 0.25) is 0 Å². The summed E-state index contributed by atoms with van der Waals surface area (Å²) in [5.74, 6) is 0.859. The van der Waals surface area contributed by atoms with E-state index in [0.29, 0.717) is 0 Å². The van der Waals surface area contributed by atoms with Gasteiger partial charge in [-0.25, -0.2) is 9.97 Å². The smallest absolute Gasteiger partial charge is 0.129 e. The molecule has 18 heavy (non-hydrogen) atoms. The van der Waals surface area contributed by atoms with E-state index in [1.165, 1.54) is 0 Å². The van der Waals surface area contributed by atoms with Crippen molar-refractivity contribution in [3.05, 3.63) is 36.7 Å². The van der Waals surface area contributed by atoms with E-state index in [1.807, 2.05) is 26.2 Å². The molecular weight excluding hydrogens is 224 g/mol. The fourth-order valence-electron chi connectivity index (χ4n) is 1.74. The normalized spacial score (nSPS) is 10.2. The van der Waals surface area contributed by atoms with Crippen molar-refractivity contribution in [2.75, 3.05) is 30.9 Å². The maximum Gasteiger partial charge on any atom is 0.129 e. The molecule has 1 heterocycles. The number of hydrogen-bond acceptors (Lipinski definition) is 4. The second kappa shape index (κ2) is 5.49. The van der Waals surface area contributed by atoms with E-state index in [9.17, 15) is 0 Å². The van der Waals surface area contributed by atoms with Crippen molar-refractivity contribution in [1.82, 2.24) is 9.97 Å². The van der Waals surface area contributed by atoms with Gasteiger partial charge in [0.05, 0.1) is 5.69 Å². The SMILES string of the molecule is CCNc1cc(-c2cccc(N(C)C)c2)ncn1. The van der Waals surface area contributed by atoms with Crippen molar-refractivity contribution in [3.63, 3.8) is 0 Å². The van der Waals surface area contributed by atoms with Crippen LogP contribution in [0.5, 0.6) is 0 Å². The number of nitrogens with one attached hydrogen (secondary N) is 1. The maximum absolute atomic E-state index is 4.32. The summed E-state index contributed by atoms with van der Waals surface area (Å²) >= 11 is 0. The molecule has 0 radical (unpaired) electrons. The summed E-state index contributed by atoms with van der Waals surface area (Å²) in [5, 5.41) is 3.19. The number of anilines is 2. The van der Waals surface area contributed by atoms with E-state index in [0.717, 1.165) is 29.3 Å². The van der Waals surface area contributed by atoms with Crippen LogP contribution >= 0.6 is 0 Å². The molecule has 4 nitrogen and oxygen atoms in total. The van der Waals surface area contributed by atoms with Crippen LogP contribution in [0, 0.1) is 0 Å². The number of rotatable bonds is 4. The average Bonchev–Trinajstić information content (AvgIpc) is 2.39. The van der Waals surface area contributed by atoms with Gasteiger partial charge in [0.15, 0.2) is 0 Å². The zero-order chi connectivity index (χ0) is 13.0. The number of hydrogen-bond donors (Lipinski definition) is 1. The predicted molar refractivity (Wildman–Crippen MR) is 76.0 cm³/mol. The fraction of sp³-hybridized carbons (Fsp3) is 0.286. The Morgan fingerprint density at radius 2 is 2.00 bits per heavy atom. The van der Waals surface area contributed by atoms with E-state index < -0.39 is 0 Å². The molecule has 94 valence electrons. The molecule has 0 fully saturated rings. The topological polar surface area (TPSA) is 41.0 Å². The van der Waals surface area contributed by atoms with Crippen molar-refractivity contribution < 1.29 is 0 Å². The third-order valence-corrected chi connectivity index (χ3v) is 2.68. The molecule has 1 aromatic heterocycles. The summed E-state index contributed by atoms with van der Waals surface area (Å²) in [7, 11) is 4.06. The minimum Gasteiger partial charge on any atom is -0.378 e. The van der Waals surface area contributed by atoms with Crippen molar-refractivity contribution in [1.29, 1.82) is 0 Å². The fourth-order valence-corrected chi connectivity index (χ4v) is 1.74. The second-order valence-electron chi connectivity index (χ2n) is 4.26. The lowest BCUT2D eigenvalue weighted by atomic mass is 10.1. The van der Waals surface area contributed by atoms with Gasteiger partial charge in [0, 0.05) is 38.0 Å². The summed E-state index contributed by atoms with van der Waals surface area (Å²) in [6, 6.07) is 10.3. The molecule has 0 atom stereocenters. The van der Waals surface area contributed by atoms with Gasteiger partial charge in [-0.05, 0) is 19.1 Å². The monoisotopic (exact) mass is 242 g/mol. The Bertz CT molecular complexity index is 523. The molecule has 2 aromatic rings. The molecule has 4 heteroatoms. The maximum atomic E-state index is 4.32. The van der Waals surface area contributed by atoms with Crippen LogP contribution in [0.25, 0.3) is 11.3 Å². The van der Waals surface area contributed by atoms with Crippen molar-refractivity contribution in [2.45, 2.75) is 6.92 Å². The number of benzene rings is 1. The molecule has 1 N–H and O–H groups in total. The molecule has 0 bridgehead atoms. The largest absolute Gasteiger partial charge is 0.378 e. The molecule has 0 saturated heterocycles. The molecule has 0 aliphatic heterocycles. The Morgan fingerprint density at radius 3 is 2.72 bits per heavy atom. The van der Waals surface area contributed by atoms with Gasteiger partial charge in [-0.15, -0.1) is 0 Å². The van der Waals surface area contributed by atoms with Gasteiger partial charge in [-0.3, -0.25) is 0 Å². The van der Waals surface area contributed by atoms with Crippen LogP contribution in [-0.4, -0.2) is 30.6 Å². The molecule has 0 unspecified atom stereocenters. The molecule has 1 aromatic carbocycles. The third-order valence-electron chi connectivity index (χ3n) is 2.68. The molecular formula is C14H18N4. The van der Waals surface area contributed by atoms with Gasteiger partial charge in [0.1, 0.15) is 12.1 Å². The van der Waals surface area contributed by atoms with Crippen LogP contribution in [0.2, 0.25) is 0 Å². The lowest BCUT2D eigenvalue weighted by Crippen LogP contribution is -2.08. The van der Waals surface area contributed by atoms with E-state index in [-0.39, 0.29) is 0 Å². The standard InChI is InChI=1S/C14H18N4/c1-4-15-14-9-13(16-10-17-14)11-6-5-7-12(8-11)18(2)3/h5-10H,4H2,1-3H3,(H,15,16,17). The average molecular weight is 242 g/mol. The van der Waals surface area contributed by atoms with Gasteiger partial charge in [0.25, 0.3) is 0 Å². The molecule has 2 rings (SSSR count). The van der Waals surface area contributed by atoms with Crippen LogP contribution in [0.1, 0.15) is 6.92 Å². The Labute approximate surface area is 108 Å². The summed E-state index contributed by atoms with van der Waals surface area (Å²) in [6.07, 6.45) is 1.59. The Kier molecular flexibility index (Phi) is 3.77. The van der Waals surface area contributed by atoms with Crippen LogP contribution in [0.3, 0.4) is 0 Å². The molecule has 0 aliphatic rings. The van der Waals surface area contributed by atoms with Crippen LogP contribution in [0.15, 0.2) is 36.7 Å². The minimum absolute atomic E-state index is 0.855. The number of aromatic nitrogens is 2. The second-order valence-corrected chi connectivity index (χ2v) is 4.26. The van der Waals surface area contributed by atoms with E-state index in [4.69, 9.17) is 0 Å². The van der Waals surface area contributed by atoms with Gasteiger partial charge in [-0.1, -0.05) is 12.1 Å². The minimum atomic E-state index is 0.855. The van der Waals surface area contributed by atoms with Crippen LogP contribution in [0.4, 0.5) is 11.5 Å². The first-order valence-electron chi connectivity index (χ1n) is 6.04. The summed E-state index contributed by atoms with van der Waals surface area (Å²) in [4.78, 5) is 10.6. The quantitative estimate of drug-likeness (QED) is 0.895. The van der Waals surface area contributed by atoms with Gasteiger partial charge >= 0.3 is 0 Å². The van der Waals surface area contributed by atoms with Gasteiger partial charge < -0.3 is 10.2 Å². The van der Waals surface area contributed by atoms with Crippen molar-refractivity contribution in [3.8, 4) is 11.3 Å². The highest BCUT2D eigenvalue weighted by Crippen LogP contribution is 2.23. The lowest BCUT2D eigenvalue weighted by Gasteiger charge is -2.13.